The van der Waals surface area contributed by atoms with Gasteiger partial charge in [0.15, 0.2) is 0 Å². The van der Waals surface area contributed by atoms with Crippen molar-refractivity contribution < 1.29 is 9.66 Å². The predicted octanol–water partition coefficient (Wildman–Crippen LogP) is 2.88. The van der Waals surface area contributed by atoms with Crippen LogP contribution in [-0.4, -0.2) is 35.5 Å². The third-order valence-corrected chi connectivity index (χ3v) is 3.56. The van der Waals surface area contributed by atoms with Crippen molar-refractivity contribution in [1.82, 2.24) is 4.90 Å². The van der Waals surface area contributed by atoms with E-state index in [4.69, 9.17) is 4.74 Å². The summed E-state index contributed by atoms with van der Waals surface area (Å²) in [6.45, 7) is 6.72. The van der Waals surface area contributed by atoms with Crippen molar-refractivity contribution in [2.75, 3.05) is 13.7 Å². The highest BCUT2D eigenvalue weighted by molar-refractivity contribution is 5.79. The summed E-state index contributed by atoms with van der Waals surface area (Å²) in [6.07, 6.45) is 0. The predicted molar refractivity (Wildman–Crippen MR) is 77.3 cm³/mol. The average Bonchev–Trinajstić information content (AvgIpc) is 2.73. The number of amidine groups is 1. The maximum absolute atomic E-state index is 10.7. The molecule has 0 amide bonds. The summed E-state index contributed by atoms with van der Waals surface area (Å²) < 4.78 is 5.62. The van der Waals surface area contributed by atoms with Crippen LogP contribution in [0.5, 0.6) is 0 Å². The van der Waals surface area contributed by atoms with E-state index in [1.54, 1.807) is 13.0 Å². The Kier molecular flexibility index (Phi) is 3.92. The lowest BCUT2D eigenvalue weighted by Gasteiger charge is -2.21. The normalized spacial score (nSPS) is 20.6. The molecule has 0 radical (unpaired) electrons. The smallest absolute Gasteiger partial charge is 0.292 e. The second-order valence-electron chi connectivity index (χ2n) is 5.36. The summed E-state index contributed by atoms with van der Waals surface area (Å²) in [7, 11) is 1.96. The molecule has 1 aromatic rings. The highest BCUT2D eigenvalue weighted by atomic mass is 16.6. The number of likely N-dealkylation sites (N-methyl/N-ethyl adjacent to an activating group) is 1. The van der Waals surface area contributed by atoms with Gasteiger partial charge in [-0.05, 0) is 24.5 Å². The van der Waals surface area contributed by atoms with Gasteiger partial charge >= 0.3 is 0 Å². The Bertz CT molecular complexity index is 555. The molecule has 6 heteroatoms. The summed E-state index contributed by atoms with van der Waals surface area (Å²) in [6, 6.07) is 5.52. The van der Waals surface area contributed by atoms with E-state index in [0.717, 1.165) is 5.56 Å². The van der Waals surface area contributed by atoms with Gasteiger partial charge in [-0.25, -0.2) is 0 Å². The topological polar surface area (TPSA) is 68.0 Å². The number of nitrogens with zero attached hydrogens (tertiary/aromatic N) is 3. The number of hydrogen-bond acceptors (Lipinski definition) is 4. The maximum Gasteiger partial charge on any atom is 0.292 e. The molecule has 0 bridgehead atoms. The van der Waals surface area contributed by atoms with E-state index in [1.165, 1.54) is 12.1 Å². The third-order valence-electron chi connectivity index (χ3n) is 3.56. The Morgan fingerprint density at radius 1 is 1.50 bits per heavy atom. The van der Waals surface area contributed by atoms with Crippen LogP contribution in [0.4, 0.5) is 11.4 Å². The molecule has 1 heterocycles. The molecular formula is C14H19N3O3. The molecule has 0 aliphatic carbocycles. The van der Waals surface area contributed by atoms with Gasteiger partial charge in [-0.1, -0.05) is 13.8 Å². The van der Waals surface area contributed by atoms with Gasteiger partial charge in [-0.3, -0.25) is 10.1 Å². The van der Waals surface area contributed by atoms with Crippen molar-refractivity contribution in [2.24, 2.45) is 10.9 Å². The van der Waals surface area contributed by atoms with Crippen LogP contribution in [0.15, 0.2) is 23.2 Å². The van der Waals surface area contributed by atoms with E-state index < -0.39 is 4.92 Å². The van der Waals surface area contributed by atoms with Gasteiger partial charge in [-0.2, -0.15) is 4.99 Å². The first kappa shape index (κ1) is 14.3. The van der Waals surface area contributed by atoms with Crippen LogP contribution in [0.25, 0.3) is 0 Å². The lowest BCUT2D eigenvalue weighted by molar-refractivity contribution is -0.384. The van der Waals surface area contributed by atoms with Crippen LogP contribution in [0, 0.1) is 23.0 Å². The highest BCUT2D eigenvalue weighted by Crippen LogP contribution is 2.26. The Morgan fingerprint density at radius 2 is 2.20 bits per heavy atom. The minimum absolute atomic E-state index is 0.0761. The van der Waals surface area contributed by atoms with Gasteiger partial charge in [0.2, 0.25) is 0 Å². The molecule has 1 fully saturated rings. The quantitative estimate of drug-likeness (QED) is 0.629. The van der Waals surface area contributed by atoms with Crippen LogP contribution in [0.2, 0.25) is 0 Å². The van der Waals surface area contributed by atoms with Gasteiger partial charge in [0.1, 0.15) is 6.61 Å². The average molecular weight is 277 g/mol. The van der Waals surface area contributed by atoms with Crippen molar-refractivity contribution in [3.05, 3.63) is 33.9 Å². The molecule has 0 spiro atoms. The summed E-state index contributed by atoms with van der Waals surface area (Å²) in [4.78, 5) is 16.8. The van der Waals surface area contributed by atoms with E-state index in [2.05, 4.69) is 18.8 Å². The molecule has 0 saturated carbocycles. The molecule has 1 aliphatic heterocycles. The Labute approximate surface area is 118 Å². The van der Waals surface area contributed by atoms with Crippen LogP contribution in [-0.2, 0) is 4.74 Å². The summed E-state index contributed by atoms with van der Waals surface area (Å²) in [5.41, 5.74) is 1.53. The van der Waals surface area contributed by atoms with Gasteiger partial charge in [0.25, 0.3) is 11.7 Å². The molecule has 0 unspecified atom stereocenters. The van der Waals surface area contributed by atoms with Crippen LogP contribution in [0.3, 0.4) is 0 Å². The first-order valence-corrected chi connectivity index (χ1v) is 6.59. The minimum atomic E-state index is -0.406. The van der Waals surface area contributed by atoms with E-state index >= 15 is 0 Å². The fourth-order valence-electron chi connectivity index (χ4n) is 2.25. The number of aliphatic imine (C=N–C) groups is 1. The second-order valence-corrected chi connectivity index (χ2v) is 5.36. The molecule has 0 aromatic heterocycles. The van der Waals surface area contributed by atoms with E-state index in [9.17, 15) is 10.1 Å². The highest BCUT2D eigenvalue weighted by Gasteiger charge is 2.30. The Morgan fingerprint density at radius 3 is 2.70 bits per heavy atom. The fraction of sp³-hybridized carbons (Fsp3) is 0.500. The summed E-state index contributed by atoms with van der Waals surface area (Å²) >= 11 is 0. The maximum atomic E-state index is 10.7. The number of nitro benzene ring substituents is 1. The second kappa shape index (κ2) is 5.48. The molecule has 6 nitrogen and oxygen atoms in total. The van der Waals surface area contributed by atoms with Gasteiger partial charge in [0, 0.05) is 19.2 Å². The number of aryl methyl sites for hydroxylation is 1. The first-order chi connectivity index (χ1) is 9.40. The van der Waals surface area contributed by atoms with Gasteiger partial charge in [0.05, 0.1) is 16.7 Å². The summed E-state index contributed by atoms with van der Waals surface area (Å²) in [5, 5.41) is 10.7. The number of ether oxygens (including phenoxy) is 1. The zero-order chi connectivity index (χ0) is 14.9. The van der Waals surface area contributed by atoms with Gasteiger partial charge < -0.3 is 9.64 Å². The molecule has 1 saturated heterocycles. The van der Waals surface area contributed by atoms with Crippen LogP contribution in [0.1, 0.15) is 19.4 Å². The van der Waals surface area contributed by atoms with Crippen LogP contribution >= 0.6 is 0 Å². The number of hydrogen-bond donors (Lipinski definition) is 0. The largest absolute Gasteiger partial charge is 0.463 e. The Hall–Kier alpha value is -2.11. The van der Waals surface area contributed by atoms with Crippen LogP contribution < -0.4 is 0 Å². The molecule has 20 heavy (non-hydrogen) atoms. The Balaban J connectivity index is 2.26. The lowest BCUT2D eigenvalue weighted by atomic mass is 10.1. The molecule has 1 aliphatic rings. The number of benzene rings is 1. The zero-order valence-corrected chi connectivity index (χ0v) is 12.2. The molecule has 108 valence electrons. The SMILES string of the molecule is Cc1cc([N+](=O)[O-])ccc1N=C1OC[C@H](C(C)C)N1C. The number of nitro groups is 1. The van der Waals surface area contributed by atoms with Crippen molar-refractivity contribution in [3.8, 4) is 0 Å². The minimum Gasteiger partial charge on any atom is -0.463 e. The van der Waals surface area contributed by atoms with Crippen molar-refractivity contribution in [2.45, 2.75) is 26.8 Å². The van der Waals surface area contributed by atoms with Crippen molar-refractivity contribution in [1.29, 1.82) is 0 Å². The third kappa shape index (κ3) is 2.74. The summed E-state index contributed by atoms with van der Waals surface area (Å²) in [5.74, 6) is 0.477. The fourth-order valence-corrected chi connectivity index (χ4v) is 2.25. The van der Waals surface area contributed by atoms with E-state index in [0.29, 0.717) is 30.3 Å². The molecule has 1 atom stereocenters. The number of rotatable bonds is 3. The van der Waals surface area contributed by atoms with Gasteiger partial charge in [-0.15, -0.1) is 0 Å². The molecular weight excluding hydrogens is 258 g/mol. The monoisotopic (exact) mass is 277 g/mol. The molecule has 2 rings (SSSR count). The van der Waals surface area contributed by atoms with Crippen molar-refractivity contribution in [3.63, 3.8) is 0 Å². The lowest BCUT2D eigenvalue weighted by Crippen LogP contribution is -2.34. The zero-order valence-electron chi connectivity index (χ0n) is 12.2. The van der Waals surface area contributed by atoms with E-state index in [1.807, 2.05) is 11.9 Å². The van der Waals surface area contributed by atoms with E-state index in [-0.39, 0.29) is 5.69 Å². The van der Waals surface area contributed by atoms with Crippen molar-refractivity contribution >= 4 is 17.4 Å². The molecule has 0 N–H and O–H groups in total. The molecule has 1 aromatic carbocycles. The number of non-ortho nitro benzene ring substituents is 1. The standard InChI is InChI=1S/C14H19N3O3/c1-9(2)13-8-20-14(16(13)4)15-12-6-5-11(17(18)19)7-10(12)3/h5-7,9,13H,8H2,1-4H3/t13-/m1/s1. The first-order valence-electron chi connectivity index (χ1n) is 6.59.